The van der Waals surface area contributed by atoms with Gasteiger partial charge in [0.05, 0.1) is 5.71 Å². The van der Waals surface area contributed by atoms with E-state index in [0.717, 1.165) is 39.5 Å². The summed E-state index contributed by atoms with van der Waals surface area (Å²) in [6.45, 7) is 10.4. The van der Waals surface area contributed by atoms with Gasteiger partial charge in [-0.3, -0.25) is 4.79 Å². The summed E-state index contributed by atoms with van der Waals surface area (Å²) in [6, 6.07) is 19.7. The highest BCUT2D eigenvalue weighted by Crippen LogP contribution is 2.32. The van der Waals surface area contributed by atoms with Crippen molar-refractivity contribution in [3.8, 4) is 0 Å². The van der Waals surface area contributed by atoms with Crippen LogP contribution < -0.4 is 0 Å². The monoisotopic (exact) mass is 466 g/mol. The molecule has 1 heterocycles. The molecule has 4 rings (SSSR count). The van der Waals surface area contributed by atoms with Gasteiger partial charge in [-0.15, -0.1) is 6.58 Å². The lowest BCUT2D eigenvalue weighted by atomic mass is 9.97. The van der Waals surface area contributed by atoms with E-state index in [1.54, 1.807) is 6.92 Å². The van der Waals surface area contributed by atoms with Gasteiger partial charge in [0.25, 0.3) is 0 Å². The number of carbonyl (C=O) groups is 2. The van der Waals surface area contributed by atoms with Crippen LogP contribution in [0.25, 0.3) is 21.8 Å². The maximum Gasteiger partial charge on any atom is 0.334 e. The number of benzene rings is 3. The summed E-state index contributed by atoms with van der Waals surface area (Å²) in [5.74, 6) is -0.359. The second kappa shape index (κ2) is 10.5. The van der Waals surface area contributed by atoms with E-state index in [0.29, 0.717) is 29.7 Å². The van der Waals surface area contributed by atoms with Crippen LogP contribution in [0.1, 0.15) is 60.2 Å². The Morgan fingerprint density at radius 3 is 2.26 bits per heavy atom. The van der Waals surface area contributed by atoms with E-state index >= 15 is 0 Å². The normalized spacial score (nSPS) is 11.7. The van der Waals surface area contributed by atoms with Crippen molar-refractivity contribution in [2.75, 3.05) is 0 Å². The lowest BCUT2D eigenvalue weighted by molar-refractivity contribution is -0.143. The van der Waals surface area contributed by atoms with E-state index in [1.165, 1.54) is 0 Å². The fourth-order valence-electron chi connectivity index (χ4n) is 4.40. The summed E-state index contributed by atoms with van der Waals surface area (Å²) in [7, 11) is 0. The SMILES string of the molecule is C=CCCC(=NOC(=O)CC)c1ccc2c(c1)c1cc(C(=O)c3ccccc3C)ccc1n2CC. The Labute approximate surface area is 205 Å². The van der Waals surface area contributed by atoms with Crippen LogP contribution in [0.2, 0.25) is 0 Å². The molecular weight excluding hydrogens is 436 g/mol. The molecule has 0 amide bonds. The quantitative estimate of drug-likeness (QED) is 0.0879. The number of nitrogens with zero attached hydrogens (tertiary/aromatic N) is 2. The van der Waals surface area contributed by atoms with Crippen molar-refractivity contribution < 1.29 is 14.4 Å². The van der Waals surface area contributed by atoms with E-state index in [-0.39, 0.29) is 18.2 Å². The summed E-state index contributed by atoms with van der Waals surface area (Å²) < 4.78 is 2.24. The summed E-state index contributed by atoms with van der Waals surface area (Å²) in [5.41, 5.74) is 6.06. The smallest absolute Gasteiger partial charge is 0.334 e. The third-order valence-electron chi connectivity index (χ3n) is 6.30. The molecule has 0 saturated heterocycles. The van der Waals surface area contributed by atoms with Gasteiger partial charge >= 0.3 is 5.97 Å². The molecule has 0 unspecified atom stereocenters. The molecule has 5 heteroatoms. The van der Waals surface area contributed by atoms with E-state index < -0.39 is 0 Å². The molecule has 3 aromatic carbocycles. The fraction of sp³-hybridized carbons (Fsp3) is 0.233. The molecule has 4 aromatic rings. The molecule has 0 saturated carbocycles. The number of rotatable bonds is 9. The second-order valence-electron chi connectivity index (χ2n) is 8.53. The first-order valence-corrected chi connectivity index (χ1v) is 12.0. The first-order valence-electron chi connectivity index (χ1n) is 12.0. The standard InChI is InChI=1S/C30H30N2O3/c1-5-8-13-26(31-35-29(33)6-2)21-14-16-27-24(18-21)25-19-22(15-17-28(25)32(27)7-3)30(34)23-12-10-9-11-20(23)4/h5,9-12,14-19H,1,6-8,13H2,2-4H3. The second-order valence-corrected chi connectivity index (χ2v) is 8.53. The maximum atomic E-state index is 13.3. The van der Waals surface area contributed by atoms with Gasteiger partial charge < -0.3 is 9.40 Å². The molecule has 0 aliphatic rings. The molecule has 0 N–H and O–H groups in total. The zero-order valence-corrected chi connectivity index (χ0v) is 20.5. The number of carbonyl (C=O) groups excluding carboxylic acids is 2. The van der Waals surface area contributed by atoms with E-state index in [4.69, 9.17) is 4.84 Å². The minimum Gasteiger partial charge on any atom is -0.341 e. The minimum atomic E-state index is -0.371. The predicted molar refractivity (Wildman–Crippen MR) is 142 cm³/mol. The molecule has 0 aliphatic carbocycles. The van der Waals surface area contributed by atoms with Crippen LogP contribution in [-0.4, -0.2) is 22.0 Å². The average Bonchev–Trinajstić information content (AvgIpc) is 3.20. The van der Waals surface area contributed by atoms with Gasteiger partial charge in [0.1, 0.15) is 0 Å². The van der Waals surface area contributed by atoms with Gasteiger partial charge in [-0.25, -0.2) is 4.79 Å². The molecule has 0 aliphatic heterocycles. The summed E-state index contributed by atoms with van der Waals surface area (Å²) in [4.78, 5) is 30.1. The van der Waals surface area contributed by atoms with Crippen LogP contribution in [0.3, 0.4) is 0 Å². The van der Waals surface area contributed by atoms with Crippen LogP contribution in [0.4, 0.5) is 0 Å². The largest absolute Gasteiger partial charge is 0.341 e. The van der Waals surface area contributed by atoms with Gasteiger partial charge in [0.15, 0.2) is 5.78 Å². The van der Waals surface area contributed by atoms with Crippen molar-refractivity contribution in [1.82, 2.24) is 4.57 Å². The number of aromatic nitrogens is 1. The summed E-state index contributed by atoms with van der Waals surface area (Å²) >= 11 is 0. The lowest BCUT2D eigenvalue weighted by Crippen LogP contribution is -2.05. The molecule has 0 spiro atoms. The fourth-order valence-corrected chi connectivity index (χ4v) is 4.40. The van der Waals surface area contributed by atoms with Crippen molar-refractivity contribution >= 4 is 39.3 Å². The number of aryl methyl sites for hydroxylation is 2. The van der Waals surface area contributed by atoms with Crippen molar-refractivity contribution in [2.45, 2.75) is 46.6 Å². The Kier molecular flexibility index (Phi) is 7.25. The van der Waals surface area contributed by atoms with Crippen LogP contribution in [0.15, 0.2) is 78.5 Å². The lowest BCUT2D eigenvalue weighted by Gasteiger charge is -2.07. The van der Waals surface area contributed by atoms with Crippen molar-refractivity contribution in [2.24, 2.45) is 5.16 Å². The minimum absolute atomic E-state index is 0.0123. The summed E-state index contributed by atoms with van der Waals surface area (Å²) in [6.07, 6.45) is 3.41. The Morgan fingerprint density at radius 1 is 0.971 bits per heavy atom. The molecule has 1 aromatic heterocycles. The van der Waals surface area contributed by atoms with Crippen molar-refractivity contribution in [3.63, 3.8) is 0 Å². The van der Waals surface area contributed by atoms with E-state index in [9.17, 15) is 9.59 Å². The van der Waals surface area contributed by atoms with Gasteiger partial charge in [0.2, 0.25) is 0 Å². The Bertz CT molecular complexity index is 1460. The topological polar surface area (TPSA) is 60.7 Å². The third-order valence-corrected chi connectivity index (χ3v) is 6.30. The number of fused-ring (bicyclic) bond motifs is 3. The number of oxime groups is 1. The molecule has 0 radical (unpaired) electrons. The molecule has 0 fully saturated rings. The maximum absolute atomic E-state index is 13.3. The van der Waals surface area contributed by atoms with Gasteiger partial charge in [-0.1, -0.05) is 48.5 Å². The van der Waals surface area contributed by atoms with Gasteiger partial charge in [0, 0.05) is 51.5 Å². The third kappa shape index (κ3) is 4.80. The summed E-state index contributed by atoms with van der Waals surface area (Å²) in [5, 5.41) is 6.21. The average molecular weight is 467 g/mol. The molecule has 35 heavy (non-hydrogen) atoms. The van der Waals surface area contributed by atoms with E-state index in [2.05, 4.69) is 35.4 Å². The van der Waals surface area contributed by atoms with Gasteiger partial charge in [-0.2, -0.15) is 0 Å². The highest BCUT2D eigenvalue weighted by atomic mass is 16.7. The Balaban J connectivity index is 1.86. The van der Waals surface area contributed by atoms with Crippen LogP contribution in [0, 0.1) is 6.92 Å². The number of hydrogen-bond acceptors (Lipinski definition) is 4. The number of allylic oxidation sites excluding steroid dienone is 1. The number of hydrogen-bond donors (Lipinski definition) is 0. The first-order chi connectivity index (χ1) is 17.0. The van der Waals surface area contributed by atoms with Crippen molar-refractivity contribution in [3.05, 3.63) is 95.6 Å². The van der Waals surface area contributed by atoms with Gasteiger partial charge in [-0.05, 0) is 62.6 Å². The molecule has 0 bridgehead atoms. The Morgan fingerprint density at radius 2 is 1.63 bits per heavy atom. The molecule has 178 valence electrons. The highest BCUT2D eigenvalue weighted by Gasteiger charge is 2.17. The predicted octanol–water partition coefficient (Wildman–Crippen LogP) is 6.98. The zero-order chi connectivity index (χ0) is 24.9. The van der Waals surface area contributed by atoms with Crippen LogP contribution >= 0.6 is 0 Å². The molecule has 0 atom stereocenters. The van der Waals surface area contributed by atoms with E-state index in [1.807, 2.05) is 61.5 Å². The van der Waals surface area contributed by atoms with Crippen molar-refractivity contribution in [1.29, 1.82) is 0 Å². The molecule has 5 nitrogen and oxygen atoms in total. The first kappa shape index (κ1) is 24.1. The zero-order valence-electron chi connectivity index (χ0n) is 20.5. The van der Waals surface area contributed by atoms with Crippen LogP contribution in [0.5, 0.6) is 0 Å². The van der Waals surface area contributed by atoms with Crippen LogP contribution in [-0.2, 0) is 16.2 Å². The number of ketones is 1. The highest BCUT2D eigenvalue weighted by molar-refractivity contribution is 6.16. The Hall–Kier alpha value is -3.99. The molecular formula is C30H30N2O3.